The topological polar surface area (TPSA) is 55.6 Å². The highest BCUT2D eigenvalue weighted by Crippen LogP contribution is 2.19. The molecule has 0 saturated heterocycles. The van der Waals surface area contributed by atoms with Crippen LogP contribution in [-0.2, 0) is 7.05 Å². The first-order chi connectivity index (χ1) is 7.63. The minimum Gasteiger partial charge on any atom is -0.371 e. The quantitative estimate of drug-likeness (QED) is 0.832. The fourth-order valence-electron chi connectivity index (χ4n) is 1.43. The average molecular weight is 221 g/mol. The summed E-state index contributed by atoms with van der Waals surface area (Å²) in [5, 5.41) is 6.73. The van der Waals surface area contributed by atoms with Crippen molar-refractivity contribution in [3.8, 4) is 11.5 Å². The molecular weight excluding hydrogens is 209 g/mol. The zero-order valence-corrected chi connectivity index (χ0v) is 9.32. The number of nitrogens with zero attached hydrogens (tertiary/aromatic N) is 4. The Kier molecular flexibility index (Phi) is 2.55. The van der Waals surface area contributed by atoms with E-state index in [-0.39, 0.29) is 5.82 Å². The standard InChI is InChI=1S/C10H12FN5/c1-6-8(11)10(12-2)15-9(14-6)7-4-5-13-16(7)3/h4-5H,1-3H3,(H,12,14,15). The smallest absolute Gasteiger partial charge is 0.186 e. The summed E-state index contributed by atoms with van der Waals surface area (Å²) in [4.78, 5) is 8.19. The molecule has 0 aromatic carbocycles. The van der Waals surface area contributed by atoms with Gasteiger partial charge in [0, 0.05) is 20.3 Å². The Morgan fingerprint density at radius 1 is 1.38 bits per heavy atom. The first-order valence-electron chi connectivity index (χ1n) is 4.83. The normalized spacial score (nSPS) is 10.5. The molecule has 2 rings (SSSR count). The number of aromatic nitrogens is 4. The summed E-state index contributed by atoms with van der Waals surface area (Å²) in [6.07, 6.45) is 1.65. The van der Waals surface area contributed by atoms with Crippen LogP contribution in [0.4, 0.5) is 10.2 Å². The number of aryl methyl sites for hydroxylation is 2. The Labute approximate surface area is 92.3 Å². The second-order valence-corrected chi connectivity index (χ2v) is 3.39. The number of nitrogens with one attached hydrogen (secondary N) is 1. The maximum Gasteiger partial charge on any atom is 0.186 e. The number of halogens is 1. The molecule has 6 heteroatoms. The van der Waals surface area contributed by atoms with Crippen molar-refractivity contribution in [2.45, 2.75) is 6.92 Å². The van der Waals surface area contributed by atoms with Crippen LogP contribution in [0.25, 0.3) is 11.5 Å². The molecule has 5 nitrogen and oxygen atoms in total. The van der Waals surface area contributed by atoms with Gasteiger partial charge in [-0.15, -0.1) is 0 Å². The van der Waals surface area contributed by atoms with Crippen molar-refractivity contribution in [1.29, 1.82) is 0 Å². The van der Waals surface area contributed by atoms with Crippen molar-refractivity contribution in [3.63, 3.8) is 0 Å². The Balaban J connectivity index is 2.59. The van der Waals surface area contributed by atoms with Gasteiger partial charge in [0.15, 0.2) is 17.5 Å². The zero-order valence-electron chi connectivity index (χ0n) is 9.32. The van der Waals surface area contributed by atoms with Gasteiger partial charge in [0.2, 0.25) is 0 Å². The van der Waals surface area contributed by atoms with E-state index in [1.54, 1.807) is 38.0 Å². The van der Waals surface area contributed by atoms with Crippen LogP contribution in [-0.4, -0.2) is 26.8 Å². The lowest BCUT2D eigenvalue weighted by molar-refractivity contribution is 0.606. The van der Waals surface area contributed by atoms with Crippen LogP contribution in [0.3, 0.4) is 0 Å². The van der Waals surface area contributed by atoms with Gasteiger partial charge in [-0.2, -0.15) is 5.10 Å². The van der Waals surface area contributed by atoms with Crippen LogP contribution in [0.5, 0.6) is 0 Å². The second kappa shape index (κ2) is 3.88. The third-order valence-corrected chi connectivity index (χ3v) is 2.30. The zero-order chi connectivity index (χ0) is 11.7. The molecule has 84 valence electrons. The highest BCUT2D eigenvalue weighted by atomic mass is 19.1. The number of anilines is 1. The Hall–Kier alpha value is -1.98. The lowest BCUT2D eigenvalue weighted by Gasteiger charge is -2.07. The Morgan fingerprint density at radius 3 is 2.69 bits per heavy atom. The van der Waals surface area contributed by atoms with Crippen molar-refractivity contribution in [2.75, 3.05) is 12.4 Å². The third kappa shape index (κ3) is 1.62. The fourth-order valence-corrected chi connectivity index (χ4v) is 1.43. The molecule has 0 amide bonds. The second-order valence-electron chi connectivity index (χ2n) is 3.39. The van der Waals surface area contributed by atoms with Gasteiger partial charge in [0.1, 0.15) is 5.69 Å². The number of hydrogen-bond donors (Lipinski definition) is 1. The summed E-state index contributed by atoms with van der Waals surface area (Å²) in [6, 6.07) is 1.78. The molecule has 1 N–H and O–H groups in total. The van der Waals surface area contributed by atoms with Crippen LogP contribution in [0.15, 0.2) is 12.3 Å². The maximum absolute atomic E-state index is 13.5. The Morgan fingerprint density at radius 2 is 2.12 bits per heavy atom. The van der Waals surface area contributed by atoms with Gasteiger partial charge in [-0.1, -0.05) is 0 Å². The van der Waals surface area contributed by atoms with E-state index in [4.69, 9.17) is 0 Å². The third-order valence-electron chi connectivity index (χ3n) is 2.30. The van der Waals surface area contributed by atoms with E-state index in [0.717, 1.165) is 5.69 Å². The predicted molar refractivity (Wildman–Crippen MR) is 58.5 cm³/mol. The molecule has 0 saturated carbocycles. The molecule has 0 fully saturated rings. The highest BCUT2D eigenvalue weighted by Gasteiger charge is 2.13. The lowest BCUT2D eigenvalue weighted by atomic mass is 10.3. The number of hydrogen-bond acceptors (Lipinski definition) is 4. The van der Waals surface area contributed by atoms with E-state index in [2.05, 4.69) is 20.4 Å². The SMILES string of the molecule is CNc1nc(-c2ccnn2C)nc(C)c1F. The molecule has 16 heavy (non-hydrogen) atoms. The highest BCUT2D eigenvalue weighted by molar-refractivity contribution is 5.53. The average Bonchev–Trinajstić information content (AvgIpc) is 2.68. The van der Waals surface area contributed by atoms with Crippen molar-refractivity contribution in [1.82, 2.24) is 19.7 Å². The minimum absolute atomic E-state index is 0.198. The summed E-state index contributed by atoms with van der Waals surface area (Å²) in [7, 11) is 3.41. The predicted octanol–water partition coefficient (Wildman–Crippen LogP) is 1.37. The van der Waals surface area contributed by atoms with Gasteiger partial charge in [-0.25, -0.2) is 14.4 Å². The summed E-state index contributed by atoms with van der Waals surface area (Å²) in [6.45, 7) is 1.61. The molecule has 0 atom stereocenters. The summed E-state index contributed by atoms with van der Waals surface area (Å²) >= 11 is 0. The monoisotopic (exact) mass is 221 g/mol. The molecule has 0 unspecified atom stereocenters. The van der Waals surface area contributed by atoms with Gasteiger partial charge < -0.3 is 5.32 Å². The first-order valence-corrected chi connectivity index (χ1v) is 4.83. The van der Waals surface area contributed by atoms with E-state index >= 15 is 0 Å². The van der Waals surface area contributed by atoms with Gasteiger partial charge >= 0.3 is 0 Å². The number of rotatable bonds is 2. The minimum atomic E-state index is -0.423. The van der Waals surface area contributed by atoms with E-state index in [1.807, 2.05) is 0 Å². The Bertz CT molecular complexity index is 520. The van der Waals surface area contributed by atoms with Crippen molar-refractivity contribution >= 4 is 5.82 Å². The molecule has 0 aliphatic carbocycles. The van der Waals surface area contributed by atoms with Crippen molar-refractivity contribution in [3.05, 3.63) is 23.8 Å². The summed E-state index contributed by atoms with van der Waals surface area (Å²) in [5.41, 5.74) is 1.06. The molecule has 0 aliphatic heterocycles. The molecule has 2 aromatic rings. The lowest BCUT2D eigenvalue weighted by Crippen LogP contribution is -2.05. The van der Waals surface area contributed by atoms with E-state index < -0.39 is 5.82 Å². The maximum atomic E-state index is 13.5. The van der Waals surface area contributed by atoms with Gasteiger partial charge in [0.05, 0.1) is 5.69 Å². The molecule has 0 radical (unpaired) electrons. The molecular formula is C10H12FN5. The van der Waals surface area contributed by atoms with Crippen molar-refractivity contribution < 1.29 is 4.39 Å². The molecule has 0 aliphatic rings. The molecule has 0 bridgehead atoms. The summed E-state index contributed by atoms with van der Waals surface area (Å²) < 4.78 is 15.2. The van der Waals surface area contributed by atoms with Crippen LogP contribution < -0.4 is 5.32 Å². The van der Waals surface area contributed by atoms with Crippen LogP contribution in [0.1, 0.15) is 5.69 Å². The van der Waals surface area contributed by atoms with Crippen LogP contribution in [0.2, 0.25) is 0 Å². The molecule has 2 aromatic heterocycles. The summed E-state index contributed by atoms with van der Waals surface area (Å²) in [5.74, 6) is 0.236. The largest absolute Gasteiger partial charge is 0.371 e. The van der Waals surface area contributed by atoms with Gasteiger partial charge in [-0.05, 0) is 13.0 Å². The molecule has 0 spiro atoms. The first kappa shape index (κ1) is 10.5. The fraction of sp³-hybridized carbons (Fsp3) is 0.300. The van der Waals surface area contributed by atoms with Gasteiger partial charge in [0.25, 0.3) is 0 Å². The van der Waals surface area contributed by atoms with E-state index in [1.165, 1.54) is 0 Å². The molecule has 2 heterocycles. The van der Waals surface area contributed by atoms with Crippen molar-refractivity contribution in [2.24, 2.45) is 7.05 Å². The van der Waals surface area contributed by atoms with E-state index in [9.17, 15) is 4.39 Å². The van der Waals surface area contributed by atoms with Gasteiger partial charge in [-0.3, -0.25) is 4.68 Å². The van der Waals surface area contributed by atoms with Crippen LogP contribution in [0, 0.1) is 12.7 Å². The van der Waals surface area contributed by atoms with E-state index in [0.29, 0.717) is 11.5 Å². The van der Waals surface area contributed by atoms with Crippen LogP contribution >= 0.6 is 0 Å².